The molecule has 0 saturated carbocycles. The largest absolute Gasteiger partial charge is 0.386 e. The van der Waals surface area contributed by atoms with E-state index in [2.05, 4.69) is 16.9 Å². The van der Waals surface area contributed by atoms with Gasteiger partial charge in [-0.3, -0.25) is 4.99 Å². The highest BCUT2D eigenvalue weighted by molar-refractivity contribution is 14.0. The first kappa shape index (κ1) is 23.3. The lowest BCUT2D eigenvalue weighted by Gasteiger charge is -2.34. The van der Waals surface area contributed by atoms with Crippen LogP contribution in [0.3, 0.4) is 0 Å². The van der Waals surface area contributed by atoms with Crippen LogP contribution >= 0.6 is 58.7 Å². The molecular weight excluding hydrogens is 493 g/mol. The summed E-state index contributed by atoms with van der Waals surface area (Å²) in [5, 5.41) is 16.7. The maximum absolute atomic E-state index is 10.3. The number of aliphatic hydroxyl groups is 1. The SMILES string of the molecule is CCNC(=NCC1(SC)CCOCC1)NCC(O)c1ccc(Cl)s1.I. The normalized spacial score (nSPS) is 18.3. The van der Waals surface area contributed by atoms with E-state index in [9.17, 15) is 5.11 Å². The number of thiophene rings is 1. The van der Waals surface area contributed by atoms with Gasteiger partial charge in [0, 0.05) is 35.9 Å². The van der Waals surface area contributed by atoms with Crippen LogP contribution in [0.25, 0.3) is 0 Å². The van der Waals surface area contributed by atoms with Crippen molar-refractivity contribution in [3.8, 4) is 0 Å². The molecule has 0 aromatic carbocycles. The summed E-state index contributed by atoms with van der Waals surface area (Å²) in [6, 6.07) is 3.66. The van der Waals surface area contributed by atoms with Crippen LogP contribution in [0, 0.1) is 0 Å². The van der Waals surface area contributed by atoms with E-state index in [0.29, 0.717) is 10.9 Å². The molecule has 1 saturated heterocycles. The molecule has 1 aromatic rings. The Hall–Kier alpha value is 0.260. The van der Waals surface area contributed by atoms with E-state index in [0.717, 1.165) is 50.0 Å². The van der Waals surface area contributed by atoms with Crippen molar-refractivity contribution in [1.29, 1.82) is 0 Å². The van der Waals surface area contributed by atoms with E-state index in [1.165, 1.54) is 11.3 Å². The Morgan fingerprint density at radius 2 is 2.16 bits per heavy atom. The summed E-state index contributed by atoms with van der Waals surface area (Å²) in [6.45, 7) is 5.57. The van der Waals surface area contributed by atoms with Crippen molar-refractivity contribution in [1.82, 2.24) is 10.6 Å². The highest BCUT2D eigenvalue weighted by Crippen LogP contribution is 2.34. The number of ether oxygens (including phenoxy) is 1. The quantitative estimate of drug-likeness (QED) is 0.292. The average molecular weight is 520 g/mol. The molecule has 2 heterocycles. The van der Waals surface area contributed by atoms with E-state index >= 15 is 0 Å². The van der Waals surface area contributed by atoms with Gasteiger partial charge in [-0.1, -0.05) is 11.6 Å². The lowest BCUT2D eigenvalue weighted by molar-refractivity contribution is 0.0794. The van der Waals surface area contributed by atoms with Gasteiger partial charge in [0.1, 0.15) is 6.10 Å². The van der Waals surface area contributed by atoms with Gasteiger partial charge < -0.3 is 20.5 Å². The minimum Gasteiger partial charge on any atom is -0.386 e. The number of hydrogen-bond donors (Lipinski definition) is 3. The first-order chi connectivity index (χ1) is 11.6. The molecule has 1 aromatic heterocycles. The Bertz CT molecular complexity index is 539. The topological polar surface area (TPSA) is 65.9 Å². The molecule has 25 heavy (non-hydrogen) atoms. The monoisotopic (exact) mass is 519 g/mol. The van der Waals surface area contributed by atoms with Crippen LogP contribution in [0.1, 0.15) is 30.7 Å². The minimum absolute atomic E-state index is 0. The van der Waals surface area contributed by atoms with Gasteiger partial charge in [-0.2, -0.15) is 11.8 Å². The van der Waals surface area contributed by atoms with Crippen molar-refractivity contribution in [3.05, 3.63) is 21.3 Å². The molecular formula is C16H27ClIN3O2S2. The summed E-state index contributed by atoms with van der Waals surface area (Å²) in [5.41, 5.74) is 0. The van der Waals surface area contributed by atoms with Crippen LogP contribution in [0.2, 0.25) is 4.34 Å². The molecule has 1 atom stereocenters. The second kappa shape index (κ2) is 11.9. The molecule has 3 N–H and O–H groups in total. The van der Waals surface area contributed by atoms with Gasteiger partial charge in [-0.25, -0.2) is 0 Å². The summed E-state index contributed by atoms with van der Waals surface area (Å²) in [5.74, 6) is 0.735. The Kier molecular flexibility index (Phi) is 11.1. The van der Waals surface area contributed by atoms with E-state index in [-0.39, 0.29) is 28.7 Å². The first-order valence-corrected chi connectivity index (χ1v) is 10.6. The molecule has 0 bridgehead atoms. The third-order valence-electron chi connectivity index (χ3n) is 4.09. The van der Waals surface area contributed by atoms with Gasteiger partial charge in [0.25, 0.3) is 0 Å². The van der Waals surface area contributed by atoms with Crippen molar-refractivity contribution in [2.45, 2.75) is 30.6 Å². The van der Waals surface area contributed by atoms with Crippen molar-refractivity contribution in [2.75, 3.05) is 39.1 Å². The highest BCUT2D eigenvalue weighted by atomic mass is 127. The summed E-state index contributed by atoms with van der Waals surface area (Å²) in [4.78, 5) is 5.59. The minimum atomic E-state index is -0.594. The lowest BCUT2D eigenvalue weighted by atomic mass is 9.99. The Labute approximate surface area is 180 Å². The summed E-state index contributed by atoms with van der Waals surface area (Å²) >= 11 is 9.19. The fraction of sp³-hybridized carbons (Fsp3) is 0.688. The summed E-state index contributed by atoms with van der Waals surface area (Å²) in [7, 11) is 0. The Morgan fingerprint density at radius 1 is 1.44 bits per heavy atom. The third kappa shape index (κ3) is 7.42. The molecule has 0 amide bonds. The van der Waals surface area contributed by atoms with Crippen LogP contribution < -0.4 is 10.6 Å². The van der Waals surface area contributed by atoms with Gasteiger partial charge >= 0.3 is 0 Å². The second-order valence-corrected chi connectivity index (χ2v) is 8.75. The fourth-order valence-electron chi connectivity index (χ4n) is 2.54. The van der Waals surface area contributed by atoms with Crippen LogP contribution in [0.15, 0.2) is 17.1 Å². The number of halogens is 2. The van der Waals surface area contributed by atoms with Gasteiger partial charge in [0.15, 0.2) is 5.96 Å². The average Bonchev–Trinajstić information content (AvgIpc) is 3.04. The maximum Gasteiger partial charge on any atom is 0.191 e. The van der Waals surface area contributed by atoms with Crippen molar-refractivity contribution in [2.24, 2.45) is 4.99 Å². The molecule has 9 heteroatoms. The highest BCUT2D eigenvalue weighted by Gasteiger charge is 2.31. The predicted molar refractivity (Wildman–Crippen MR) is 120 cm³/mol. The van der Waals surface area contributed by atoms with Crippen molar-refractivity contribution in [3.63, 3.8) is 0 Å². The first-order valence-electron chi connectivity index (χ1n) is 8.17. The number of thioether (sulfide) groups is 1. The Balaban J connectivity index is 0.00000312. The van der Waals surface area contributed by atoms with E-state index < -0.39 is 6.10 Å². The molecule has 0 spiro atoms. The molecule has 2 rings (SSSR count). The predicted octanol–water partition coefficient (Wildman–Crippen LogP) is 3.52. The number of hydrogen-bond acceptors (Lipinski definition) is 5. The molecule has 1 aliphatic heterocycles. The van der Waals surface area contributed by atoms with Gasteiger partial charge in [0.05, 0.1) is 10.9 Å². The van der Waals surface area contributed by atoms with Crippen LogP contribution in [0.5, 0.6) is 0 Å². The lowest BCUT2D eigenvalue weighted by Crippen LogP contribution is -2.42. The van der Waals surface area contributed by atoms with Crippen LogP contribution in [-0.4, -0.2) is 54.9 Å². The zero-order chi connectivity index (χ0) is 17.4. The van der Waals surface area contributed by atoms with Gasteiger partial charge in [-0.05, 0) is 38.2 Å². The molecule has 1 aliphatic rings. The van der Waals surface area contributed by atoms with Crippen molar-refractivity contribution >= 4 is 64.6 Å². The van der Waals surface area contributed by atoms with Gasteiger partial charge in [0.2, 0.25) is 0 Å². The van der Waals surface area contributed by atoms with Crippen molar-refractivity contribution < 1.29 is 9.84 Å². The number of guanidine groups is 1. The number of rotatable bonds is 7. The number of aliphatic hydroxyl groups excluding tert-OH is 1. The standard InChI is InChI=1S/C16H26ClN3O2S2.HI/c1-3-18-15(19-10-12(21)13-4-5-14(17)24-13)20-11-16(23-2)6-8-22-9-7-16;/h4-5,12,21H,3,6-11H2,1-2H3,(H2,18,19,20);1H. The Morgan fingerprint density at radius 3 is 2.72 bits per heavy atom. The molecule has 0 aliphatic carbocycles. The molecule has 1 unspecified atom stereocenters. The smallest absolute Gasteiger partial charge is 0.191 e. The number of nitrogens with zero attached hydrogens (tertiary/aromatic N) is 1. The van der Waals surface area contributed by atoms with Crippen LogP contribution in [-0.2, 0) is 4.74 Å². The zero-order valence-electron chi connectivity index (χ0n) is 14.6. The van der Waals surface area contributed by atoms with Crippen LogP contribution in [0.4, 0.5) is 0 Å². The van der Waals surface area contributed by atoms with E-state index in [1.807, 2.05) is 24.8 Å². The molecule has 0 radical (unpaired) electrons. The van der Waals surface area contributed by atoms with Gasteiger partial charge in [-0.15, -0.1) is 35.3 Å². The zero-order valence-corrected chi connectivity index (χ0v) is 19.3. The number of nitrogens with one attached hydrogen (secondary N) is 2. The maximum atomic E-state index is 10.3. The third-order valence-corrected chi connectivity index (χ3v) is 6.83. The molecule has 1 fully saturated rings. The van der Waals surface area contributed by atoms with E-state index in [4.69, 9.17) is 21.3 Å². The van der Waals surface area contributed by atoms with E-state index in [1.54, 1.807) is 6.07 Å². The molecule has 5 nitrogen and oxygen atoms in total. The molecule has 144 valence electrons. The second-order valence-electron chi connectivity index (χ2n) is 5.73. The number of aliphatic imine (C=N–C) groups is 1. The summed E-state index contributed by atoms with van der Waals surface area (Å²) < 4.78 is 6.31. The fourth-order valence-corrected chi connectivity index (χ4v) is 4.35. The summed E-state index contributed by atoms with van der Waals surface area (Å²) in [6.07, 6.45) is 3.59.